The van der Waals surface area contributed by atoms with Crippen molar-refractivity contribution in [1.82, 2.24) is 5.32 Å². The zero-order valence-corrected chi connectivity index (χ0v) is 10.1. The minimum absolute atomic E-state index is 0.0173. The first-order valence-electron chi connectivity index (χ1n) is 5.66. The Hall–Kier alpha value is -1.51. The lowest BCUT2D eigenvalue weighted by molar-refractivity contribution is 0.0935. The molecule has 0 bridgehead atoms. The van der Waals surface area contributed by atoms with E-state index in [1.54, 1.807) is 31.4 Å². The number of ether oxygens (including phenoxy) is 1. The Morgan fingerprint density at radius 3 is 2.25 bits per heavy atom. The van der Waals surface area contributed by atoms with E-state index in [9.17, 15) is 4.79 Å². The molecule has 16 heavy (non-hydrogen) atoms. The van der Waals surface area contributed by atoms with Crippen LogP contribution in [0, 0.1) is 0 Å². The first-order valence-corrected chi connectivity index (χ1v) is 5.66. The number of carbonyl (C=O) groups excluding carboxylic acids is 1. The van der Waals surface area contributed by atoms with E-state index in [1.165, 1.54) is 0 Å². The lowest BCUT2D eigenvalue weighted by Crippen LogP contribution is -2.33. The summed E-state index contributed by atoms with van der Waals surface area (Å²) in [6.07, 6.45) is 1.91. The van der Waals surface area contributed by atoms with Crippen molar-refractivity contribution in [3.8, 4) is 5.75 Å². The van der Waals surface area contributed by atoms with Crippen LogP contribution in [0.2, 0.25) is 0 Å². The summed E-state index contributed by atoms with van der Waals surface area (Å²) >= 11 is 0. The van der Waals surface area contributed by atoms with Crippen LogP contribution in [-0.4, -0.2) is 19.1 Å². The van der Waals surface area contributed by atoms with Crippen LogP contribution in [0.5, 0.6) is 5.75 Å². The molecule has 0 spiro atoms. The Bertz CT molecular complexity index is 328. The number of benzene rings is 1. The Labute approximate surface area is 96.8 Å². The van der Waals surface area contributed by atoms with Crippen molar-refractivity contribution in [2.75, 3.05) is 7.11 Å². The summed E-state index contributed by atoms with van der Waals surface area (Å²) in [6, 6.07) is 7.39. The van der Waals surface area contributed by atoms with E-state index in [4.69, 9.17) is 4.74 Å². The minimum atomic E-state index is -0.0173. The van der Waals surface area contributed by atoms with Gasteiger partial charge in [-0.15, -0.1) is 0 Å². The molecular weight excluding hydrogens is 202 g/mol. The first-order chi connectivity index (χ1) is 7.71. The zero-order chi connectivity index (χ0) is 12.0. The molecule has 1 amide bonds. The molecule has 0 aliphatic heterocycles. The van der Waals surface area contributed by atoms with Gasteiger partial charge in [-0.3, -0.25) is 4.79 Å². The zero-order valence-electron chi connectivity index (χ0n) is 10.1. The van der Waals surface area contributed by atoms with Gasteiger partial charge in [0.25, 0.3) is 5.91 Å². The molecule has 0 aromatic heterocycles. The summed E-state index contributed by atoms with van der Waals surface area (Å²) in [5.74, 6) is 0.746. The summed E-state index contributed by atoms with van der Waals surface area (Å²) in [5, 5.41) is 2.99. The lowest BCUT2D eigenvalue weighted by atomic mass is 10.1. The van der Waals surface area contributed by atoms with Crippen molar-refractivity contribution in [2.24, 2.45) is 0 Å². The van der Waals surface area contributed by atoms with Gasteiger partial charge < -0.3 is 10.1 Å². The van der Waals surface area contributed by atoms with Crippen LogP contribution in [0.4, 0.5) is 0 Å². The van der Waals surface area contributed by atoms with Crippen molar-refractivity contribution in [3.63, 3.8) is 0 Å². The average Bonchev–Trinajstić information content (AvgIpc) is 2.35. The second-order valence-electron chi connectivity index (χ2n) is 3.72. The maximum absolute atomic E-state index is 11.8. The molecule has 1 aromatic carbocycles. The maximum Gasteiger partial charge on any atom is 0.251 e. The van der Waals surface area contributed by atoms with E-state index in [0.29, 0.717) is 5.56 Å². The molecule has 0 saturated carbocycles. The Kier molecular flexibility index (Phi) is 4.83. The largest absolute Gasteiger partial charge is 0.497 e. The highest BCUT2D eigenvalue weighted by Crippen LogP contribution is 2.11. The van der Waals surface area contributed by atoms with Crippen LogP contribution in [0.15, 0.2) is 24.3 Å². The predicted octanol–water partition coefficient (Wildman–Crippen LogP) is 2.61. The highest BCUT2D eigenvalue weighted by Gasteiger charge is 2.10. The van der Waals surface area contributed by atoms with E-state index in [-0.39, 0.29) is 11.9 Å². The number of hydrogen-bond acceptors (Lipinski definition) is 2. The van der Waals surface area contributed by atoms with Gasteiger partial charge in [-0.2, -0.15) is 0 Å². The Morgan fingerprint density at radius 1 is 1.25 bits per heavy atom. The van der Waals surface area contributed by atoms with Crippen molar-refractivity contribution < 1.29 is 9.53 Å². The van der Waals surface area contributed by atoms with E-state index in [1.807, 2.05) is 0 Å². The molecule has 0 fully saturated rings. The molecule has 3 nitrogen and oxygen atoms in total. The maximum atomic E-state index is 11.8. The third kappa shape index (κ3) is 3.26. The van der Waals surface area contributed by atoms with Crippen LogP contribution in [0.25, 0.3) is 0 Å². The van der Waals surface area contributed by atoms with Gasteiger partial charge in [-0.25, -0.2) is 0 Å². The summed E-state index contributed by atoms with van der Waals surface area (Å²) in [5.41, 5.74) is 0.674. The van der Waals surface area contributed by atoms with Crippen molar-refractivity contribution >= 4 is 5.91 Å². The topological polar surface area (TPSA) is 38.3 Å². The number of hydrogen-bond donors (Lipinski definition) is 1. The van der Waals surface area contributed by atoms with Gasteiger partial charge in [0.05, 0.1) is 7.11 Å². The standard InChI is InChI=1S/C13H19NO2/c1-4-11(5-2)14-13(15)10-6-8-12(16-3)9-7-10/h6-9,11H,4-5H2,1-3H3,(H,14,15). The van der Waals surface area contributed by atoms with Gasteiger partial charge in [0.1, 0.15) is 5.75 Å². The molecule has 0 unspecified atom stereocenters. The molecule has 1 rings (SSSR count). The molecule has 3 heteroatoms. The van der Waals surface area contributed by atoms with Crippen LogP contribution >= 0.6 is 0 Å². The highest BCUT2D eigenvalue weighted by atomic mass is 16.5. The molecule has 0 aliphatic carbocycles. The SMILES string of the molecule is CCC(CC)NC(=O)c1ccc(OC)cc1. The molecule has 0 aliphatic rings. The van der Waals surface area contributed by atoms with Gasteiger partial charge in [0.2, 0.25) is 0 Å². The summed E-state index contributed by atoms with van der Waals surface area (Å²) in [7, 11) is 1.61. The van der Waals surface area contributed by atoms with Gasteiger partial charge in [0.15, 0.2) is 0 Å². The number of methoxy groups -OCH3 is 1. The van der Waals surface area contributed by atoms with E-state index in [2.05, 4.69) is 19.2 Å². The molecule has 1 N–H and O–H groups in total. The third-order valence-electron chi connectivity index (χ3n) is 2.67. The van der Waals surface area contributed by atoms with Crippen molar-refractivity contribution in [2.45, 2.75) is 32.7 Å². The summed E-state index contributed by atoms with van der Waals surface area (Å²) in [4.78, 5) is 11.8. The molecular formula is C13H19NO2. The first kappa shape index (κ1) is 12.6. The number of nitrogens with one attached hydrogen (secondary N) is 1. The van der Waals surface area contributed by atoms with Crippen molar-refractivity contribution in [3.05, 3.63) is 29.8 Å². The van der Waals surface area contributed by atoms with Gasteiger partial charge >= 0.3 is 0 Å². The third-order valence-corrected chi connectivity index (χ3v) is 2.67. The summed E-state index contributed by atoms with van der Waals surface area (Å²) in [6.45, 7) is 4.14. The van der Waals surface area contributed by atoms with Gasteiger partial charge in [-0.1, -0.05) is 13.8 Å². The van der Waals surface area contributed by atoms with E-state index < -0.39 is 0 Å². The minimum Gasteiger partial charge on any atom is -0.497 e. The fourth-order valence-corrected chi connectivity index (χ4v) is 1.50. The fraction of sp³-hybridized carbons (Fsp3) is 0.462. The van der Waals surface area contributed by atoms with Gasteiger partial charge in [-0.05, 0) is 37.1 Å². The monoisotopic (exact) mass is 221 g/mol. The van der Waals surface area contributed by atoms with E-state index in [0.717, 1.165) is 18.6 Å². The normalized spacial score (nSPS) is 10.2. The molecule has 0 heterocycles. The average molecular weight is 221 g/mol. The molecule has 1 aromatic rings. The van der Waals surface area contributed by atoms with Crippen molar-refractivity contribution in [1.29, 1.82) is 0 Å². The van der Waals surface area contributed by atoms with Crippen LogP contribution in [0.1, 0.15) is 37.0 Å². The molecule has 88 valence electrons. The summed E-state index contributed by atoms with van der Waals surface area (Å²) < 4.78 is 5.04. The predicted molar refractivity (Wildman–Crippen MR) is 64.8 cm³/mol. The molecule has 0 saturated heterocycles. The lowest BCUT2D eigenvalue weighted by Gasteiger charge is -2.14. The van der Waals surface area contributed by atoms with Crippen LogP contribution in [0.3, 0.4) is 0 Å². The number of carbonyl (C=O) groups is 1. The molecule has 0 radical (unpaired) electrons. The smallest absolute Gasteiger partial charge is 0.251 e. The van der Waals surface area contributed by atoms with Crippen LogP contribution in [-0.2, 0) is 0 Å². The molecule has 0 atom stereocenters. The highest BCUT2D eigenvalue weighted by molar-refractivity contribution is 5.94. The van der Waals surface area contributed by atoms with Gasteiger partial charge in [0, 0.05) is 11.6 Å². The second-order valence-corrected chi connectivity index (χ2v) is 3.72. The quantitative estimate of drug-likeness (QED) is 0.830. The van der Waals surface area contributed by atoms with Crippen LogP contribution < -0.4 is 10.1 Å². The number of amides is 1. The second kappa shape index (κ2) is 6.16. The fourth-order valence-electron chi connectivity index (χ4n) is 1.50. The Balaban J connectivity index is 2.65. The van der Waals surface area contributed by atoms with E-state index >= 15 is 0 Å². The number of rotatable bonds is 5. The Morgan fingerprint density at radius 2 is 1.81 bits per heavy atom.